The fraction of sp³-hybridized carbons (Fsp3) is 0.0571. The predicted molar refractivity (Wildman–Crippen MR) is 189 cm³/mol. The molecule has 4 aromatic carbocycles. The monoisotopic (exact) mass is 742 g/mol. The Labute approximate surface area is 295 Å². The number of rotatable bonds is 6. The molecule has 264 valence electrons. The van der Waals surface area contributed by atoms with E-state index in [1.165, 1.54) is 72.8 Å². The van der Waals surface area contributed by atoms with Crippen LogP contribution in [0.5, 0.6) is 0 Å². The lowest BCUT2D eigenvalue weighted by molar-refractivity contribution is 0.0994. The van der Waals surface area contributed by atoms with Gasteiger partial charge in [0.15, 0.2) is 0 Å². The molecule has 0 heterocycles. The minimum Gasteiger partial charge on any atom is -0.384 e. The number of benzene rings is 4. The first kappa shape index (κ1) is 35.9. The number of fused-ring (bicyclic) bond motifs is 2. The molecule has 2 aliphatic rings. The van der Waals surface area contributed by atoms with Crippen LogP contribution in [0.1, 0.15) is 55.2 Å². The lowest BCUT2D eigenvalue weighted by atomic mass is 9.93. The third-order valence-corrected chi connectivity index (χ3v) is 9.64. The van der Waals surface area contributed by atoms with E-state index >= 15 is 0 Å². The lowest BCUT2D eigenvalue weighted by Gasteiger charge is -2.21. The molecule has 2 atom stereocenters. The number of amides is 4. The predicted octanol–water partition coefficient (Wildman–Crippen LogP) is 4.23. The van der Waals surface area contributed by atoms with Gasteiger partial charge >= 0.3 is 6.03 Å². The Bertz CT molecular complexity index is 2350. The Balaban J connectivity index is 1.21. The van der Waals surface area contributed by atoms with E-state index in [-0.39, 0.29) is 56.2 Å². The highest BCUT2D eigenvalue weighted by atomic mass is 32.2. The summed E-state index contributed by atoms with van der Waals surface area (Å²) in [6, 6.07) is 22.4. The molecule has 0 bridgehead atoms. The van der Waals surface area contributed by atoms with Crippen LogP contribution in [0.3, 0.4) is 0 Å². The van der Waals surface area contributed by atoms with Crippen LogP contribution >= 0.6 is 0 Å². The van der Waals surface area contributed by atoms with Crippen LogP contribution < -0.4 is 10.6 Å². The summed E-state index contributed by atoms with van der Waals surface area (Å²) in [6.45, 7) is 0. The van der Waals surface area contributed by atoms with Crippen LogP contribution in [0.25, 0.3) is 0 Å². The average Bonchev–Trinajstić information content (AvgIpc) is 3.09. The molecule has 0 spiro atoms. The van der Waals surface area contributed by atoms with Crippen molar-refractivity contribution in [3.05, 3.63) is 152 Å². The number of aliphatic hydroxyl groups is 2. The number of aliphatic hydroxyl groups excluding tert-OH is 2. The second-order valence-electron chi connectivity index (χ2n) is 11.3. The van der Waals surface area contributed by atoms with Gasteiger partial charge < -0.3 is 20.8 Å². The quantitative estimate of drug-likeness (QED) is 0.153. The van der Waals surface area contributed by atoms with E-state index in [1.54, 1.807) is 24.3 Å². The third kappa shape index (κ3) is 7.54. The van der Waals surface area contributed by atoms with Gasteiger partial charge in [0, 0.05) is 33.6 Å². The van der Waals surface area contributed by atoms with Crippen molar-refractivity contribution >= 4 is 60.9 Å². The fourth-order valence-electron chi connectivity index (χ4n) is 5.56. The SMILES string of the molecule is O=C(Nc1cccc(C(=O)N=C2C(S(=O)(=O)O)=CC(O)c3ccccc32)c1)Nc1cccc(C(=O)N=C2C(S(=O)(=O)O)=CC(O)c3ccccc32)c1. The van der Waals surface area contributed by atoms with E-state index in [2.05, 4.69) is 20.6 Å². The number of carbonyl (C=O) groups excluding carboxylic acids is 3. The zero-order valence-electron chi connectivity index (χ0n) is 26.4. The maximum Gasteiger partial charge on any atom is 0.323 e. The van der Waals surface area contributed by atoms with Crippen molar-refractivity contribution in [3.8, 4) is 0 Å². The van der Waals surface area contributed by atoms with Crippen LogP contribution in [0, 0.1) is 0 Å². The number of hydrogen-bond acceptors (Lipinski definition) is 9. The van der Waals surface area contributed by atoms with E-state index in [4.69, 9.17) is 0 Å². The van der Waals surface area contributed by atoms with Gasteiger partial charge in [-0.05, 0) is 59.7 Å². The molecule has 0 radical (unpaired) electrons. The molecule has 52 heavy (non-hydrogen) atoms. The number of nitrogens with one attached hydrogen (secondary N) is 2. The van der Waals surface area contributed by atoms with Crippen molar-refractivity contribution < 1.29 is 50.5 Å². The standard InChI is InChI=1S/C35H26N4O11S2/c40-27-17-29(51(45,46)47)31(25-13-3-1-11-23(25)27)38-33(42)19-7-5-9-21(15-19)36-35(44)37-22-10-6-8-20(16-22)34(43)39-32-26-14-4-2-12-24(26)28(41)18-30(32)52(48,49)50/h1-18,27-28,40-41H,(H2,36,37,44)(H,45,46,47)(H,48,49,50). The molecular formula is C35H26N4O11S2. The summed E-state index contributed by atoms with van der Waals surface area (Å²) in [5.74, 6) is -1.84. The Morgan fingerprint density at radius 3 is 1.33 bits per heavy atom. The van der Waals surface area contributed by atoms with E-state index in [0.717, 1.165) is 12.2 Å². The van der Waals surface area contributed by atoms with E-state index in [1.807, 2.05) is 0 Å². The number of aliphatic imine (C=N–C) groups is 2. The molecule has 0 aromatic heterocycles. The number of hydrogen-bond donors (Lipinski definition) is 6. The van der Waals surface area contributed by atoms with Crippen LogP contribution in [0.4, 0.5) is 16.2 Å². The summed E-state index contributed by atoms with van der Waals surface area (Å²) in [5.41, 5.74) is 0.143. The second-order valence-corrected chi connectivity index (χ2v) is 14.1. The zero-order chi connectivity index (χ0) is 37.4. The topological polar surface area (TPSA) is 249 Å². The number of nitrogens with zero attached hydrogens (tertiary/aromatic N) is 2. The maximum absolute atomic E-state index is 13.2. The number of allylic oxidation sites excluding steroid dienone is 2. The third-order valence-electron chi connectivity index (χ3n) is 7.87. The van der Waals surface area contributed by atoms with Crippen LogP contribution in [0.2, 0.25) is 0 Å². The minimum atomic E-state index is -4.89. The highest BCUT2D eigenvalue weighted by Gasteiger charge is 2.33. The average molecular weight is 743 g/mol. The summed E-state index contributed by atoms with van der Waals surface area (Å²) < 4.78 is 68.0. The summed E-state index contributed by atoms with van der Waals surface area (Å²) in [7, 11) is -9.78. The van der Waals surface area contributed by atoms with Gasteiger partial charge in [-0.15, -0.1) is 0 Å². The molecule has 4 amide bonds. The van der Waals surface area contributed by atoms with Crippen LogP contribution in [-0.2, 0) is 20.2 Å². The van der Waals surface area contributed by atoms with Crippen molar-refractivity contribution in [1.29, 1.82) is 0 Å². The Morgan fingerprint density at radius 1 is 0.558 bits per heavy atom. The van der Waals surface area contributed by atoms with Crippen LogP contribution in [-0.4, -0.2) is 65.4 Å². The summed E-state index contributed by atoms with van der Waals surface area (Å²) in [4.78, 5) is 45.8. The first-order valence-corrected chi connectivity index (χ1v) is 18.0. The first-order chi connectivity index (χ1) is 24.6. The van der Waals surface area contributed by atoms with Gasteiger partial charge in [0.2, 0.25) is 0 Å². The van der Waals surface area contributed by atoms with Gasteiger partial charge in [0.1, 0.15) is 9.81 Å². The molecule has 2 unspecified atom stereocenters. The van der Waals surface area contributed by atoms with Gasteiger partial charge in [-0.2, -0.15) is 16.8 Å². The lowest BCUT2D eigenvalue weighted by Crippen LogP contribution is -2.23. The molecule has 15 nitrogen and oxygen atoms in total. The molecule has 2 aliphatic carbocycles. The van der Waals surface area contributed by atoms with Gasteiger partial charge in [-0.1, -0.05) is 60.7 Å². The molecule has 0 fully saturated rings. The molecule has 0 saturated carbocycles. The zero-order valence-corrected chi connectivity index (χ0v) is 28.0. The summed E-state index contributed by atoms with van der Waals surface area (Å²) >= 11 is 0. The molecule has 6 rings (SSSR count). The summed E-state index contributed by atoms with van der Waals surface area (Å²) in [5, 5.41) is 25.8. The van der Waals surface area contributed by atoms with E-state index < -0.39 is 60.1 Å². The van der Waals surface area contributed by atoms with E-state index in [9.17, 15) is 50.5 Å². The normalized spacial score (nSPS) is 18.5. The van der Waals surface area contributed by atoms with Gasteiger partial charge in [0.25, 0.3) is 32.1 Å². The smallest absolute Gasteiger partial charge is 0.323 e. The summed E-state index contributed by atoms with van der Waals surface area (Å²) in [6.07, 6.45) is -1.01. The molecule has 0 saturated heterocycles. The van der Waals surface area contributed by atoms with Gasteiger partial charge in [-0.3, -0.25) is 18.7 Å². The van der Waals surface area contributed by atoms with Crippen molar-refractivity contribution in [1.82, 2.24) is 0 Å². The molecular weight excluding hydrogens is 717 g/mol. The van der Waals surface area contributed by atoms with Gasteiger partial charge in [-0.25, -0.2) is 14.8 Å². The first-order valence-electron chi connectivity index (χ1n) is 15.1. The van der Waals surface area contributed by atoms with Crippen molar-refractivity contribution in [2.45, 2.75) is 12.2 Å². The van der Waals surface area contributed by atoms with Gasteiger partial charge in [0.05, 0.1) is 23.6 Å². The van der Waals surface area contributed by atoms with Crippen molar-refractivity contribution in [2.75, 3.05) is 10.6 Å². The second kappa shape index (κ2) is 14.0. The van der Waals surface area contributed by atoms with Crippen molar-refractivity contribution in [3.63, 3.8) is 0 Å². The highest BCUT2D eigenvalue weighted by molar-refractivity contribution is 7.91. The highest BCUT2D eigenvalue weighted by Crippen LogP contribution is 2.33. The maximum atomic E-state index is 13.2. The molecule has 17 heteroatoms. The molecule has 0 aliphatic heterocycles. The fourth-order valence-corrected chi connectivity index (χ4v) is 6.96. The minimum absolute atomic E-state index is 0.0644. The Kier molecular flexibility index (Phi) is 9.65. The number of urea groups is 1. The van der Waals surface area contributed by atoms with Crippen molar-refractivity contribution in [2.24, 2.45) is 9.98 Å². The Morgan fingerprint density at radius 2 is 0.942 bits per heavy atom. The number of anilines is 2. The largest absolute Gasteiger partial charge is 0.384 e. The number of carbonyl (C=O) groups is 3. The van der Waals surface area contributed by atoms with E-state index in [0.29, 0.717) is 0 Å². The molecule has 4 aromatic rings. The Hall–Kier alpha value is -5.95. The van der Waals surface area contributed by atoms with Crippen LogP contribution in [0.15, 0.2) is 129 Å². The molecule has 6 N–H and O–H groups in total.